The van der Waals surface area contributed by atoms with Gasteiger partial charge in [0, 0.05) is 31.9 Å². The molecule has 8 heteroatoms. The third-order valence-corrected chi connectivity index (χ3v) is 5.72. The minimum Gasteiger partial charge on any atom is -0.357 e. The van der Waals surface area contributed by atoms with Crippen LogP contribution in [0.2, 0.25) is 0 Å². The number of amides is 1. The molecular weight excluding hydrogens is 352 g/mol. The monoisotopic (exact) mass is 374 g/mol. The predicted molar refractivity (Wildman–Crippen MR) is 102 cm³/mol. The summed E-state index contributed by atoms with van der Waals surface area (Å²) in [7, 11) is 0. The van der Waals surface area contributed by atoms with Crippen LogP contribution < -0.4 is 10.2 Å². The maximum absolute atomic E-state index is 12.2. The van der Waals surface area contributed by atoms with Crippen LogP contribution in [0.5, 0.6) is 0 Å². The normalized spacial score (nSPS) is 15.1. The van der Waals surface area contributed by atoms with E-state index in [-0.39, 0.29) is 11.6 Å². The van der Waals surface area contributed by atoms with Gasteiger partial charge in [0.25, 0.3) is 11.6 Å². The van der Waals surface area contributed by atoms with Gasteiger partial charge >= 0.3 is 0 Å². The highest BCUT2D eigenvalue weighted by molar-refractivity contribution is 7.14. The van der Waals surface area contributed by atoms with Gasteiger partial charge in [0.2, 0.25) is 0 Å². The molecule has 1 N–H and O–H groups in total. The molecule has 1 aliphatic rings. The molecule has 7 nitrogen and oxygen atoms in total. The van der Waals surface area contributed by atoms with E-state index in [0.29, 0.717) is 16.3 Å². The van der Waals surface area contributed by atoms with E-state index in [0.717, 1.165) is 41.7 Å². The smallest absolute Gasteiger partial charge is 0.283 e. The molecule has 0 aromatic carbocycles. The van der Waals surface area contributed by atoms with E-state index in [1.165, 1.54) is 18.9 Å². The Kier molecular flexibility index (Phi) is 5.51. The molecule has 0 radical (unpaired) electrons. The first kappa shape index (κ1) is 18.3. The number of aryl methyl sites for hydroxylation is 1. The standard InChI is InChI=1S/C18H22N4O3S/c1-12-5-7-21(8-6-12)17-4-3-14(10-19-17)11-20-18(23)16-9-15(22(24)25)13(2)26-16/h3-4,9-10,12H,5-8,11H2,1-2H3,(H,20,23). The molecule has 0 unspecified atom stereocenters. The molecule has 2 aromatic rings. The Morgan fingerprint density at radius 2 is 2.15 bits per heavy atom. The molecule has 0 saturated carbocycles. The first-order valence-corrected chi connectivity index (χ1v) is 9.48. The zero-order valence-corrected chi connectivity index (χ0v) is 15.7. The van der Waals surface area contributed by atoms with Crippen LogP contribution in [0.15, 0.2) is 24.4 Å². The fraction of sp³-hybridized carbons (Fsp3) is 0.444. The van der Waals surface area contributed by atoms with Crippen LogP contribution in [0.3, 0.4) is 0 Å². The maximum Gasteiger partial charge on any atom is 0.283 e. The Balaban J connectivity index is 1.57. The van der Waals surface area contributed by atoms with Crippen LogP contribution in [-0.2, 0) is 6.54 Å². The summed E-state index contributed by atoms with van der Waals surface area (Å²) in [6.45, 7) is 6.32. The minimum atomic E-state index is -0.466. The van der Waals surface area contributed by atoms with Crippen molar-refractivity contribution in [2.45, 2.75) is 33.2 Å². The topological polar surface area (TPSA) is 88.4 Å². The molecule has 0 aliphatic carbocycles. The number of piperidine rings is 1. The maximum atomic E-state index is 12.2. The van der Waals surface area contributed by atoms with Crippen LogP contribution in [0, 0.1) is 23.0 Å². The SMILES string of the molecule is Cc1sc(C(=O)NCc2ccc(N3CCC(C)CC3)nc2)cc1[N+](=O)[O-]. The average molecular weight is 374 g/mol. The number of pyridine rings is 1. The second kappa shape index (κ2) is 7.82. The number of nitro groups is 1. The molecule has 3 heterocycles. The molecule has 0 bridgehead atoms. The summed E-state index contributed by atoms with van der Waals surface area (Å²) in [5, 5.41) is 13.7. The molecule has 1 amide bonds. The molecule has 1 fully saturated rings. The molecule has 0 spiro atoms. The molecule has 3 rings (SSSR count). The largest absolute Gasteiger partial charge is 0.357 e. The molecule has 2 aromatic heterocycles. The van der Waals surface area contributed by atoms with E-state index in [9.17, 15) is 14.9 Å². The van der Waals surface area contributed by atoms with Crippen molar-refractivity contribution in [1.29, 1.82) is 0 Å². The van der Waals surface area contributed by atoms with Gasteiger partial charge in [-0.1, -0.05) is 13.0 Å². The van der Waals surface area contributed by atoms with Gasteiger partial charge in [0.05, 0.1) is 14.7 Å². The van der Waals surface area contributed by atoms with Crippen molar-refractivity contribution in [3.63, 3.8) is 0 Å². The van der Waals surface area contributed by atoms with Crippen molar-refractivity contribution in [3.8, 4) is 0 Å². The van der Waals surface area contributed by atoms with Crippen LogP contribution >= 0.6 is 11.3 Å². The van der Waals surface area contributed by atoms with Crippen molar-refractivity contribution in [1.82, 2.24) is 10.3 Å². The van der Waals surface area contributed by atoms with E-state index in [1.54, 1.807) is 13.1 Å². The highest BCUT2D eigenvalue weighted by Gasteiger charge is 2.19. The zero-order valence-electron chi connectivity index (χ0n) is 14.9. The van der Waals surface area contributed by atoms with Crippen LogP contribution in [0.25, 0.3) is 0 Å². The van der Waals surface area contributed by atoms with Gasteiger partial charge in [-0.3, -0.25) is 14.9 Å². The second-order valence-electron chi connectivity index (χ2n) is 6.69. The Bertz CT molecular complexity index is 795. The van der Waals surface area contributed by atoms with Gasteiger partial charge in [0.15, 0.2) is 0 Å². The first-order chi connectivity index (χ1) is 12.4. The number of carbonyl (C=O) groups excluding carboxylic acids is 1. The van der Waals surface area contributed by atoms with Crippen molar-refractivity contribution < 1.29 is 9.72 Å². The molecule has 138 valence electrons. The molecule has 26 heavy (non-hydrogen) atoms. The molecule has 1 saturated heterocycles. The quantitative estimate of drug-likeness (QED) is 0.639. The lowest BCUT2D eigenvalue weighted by Crippen LogP contribution is -2.33. The van der Waals surface area contributed by atoms with Crippen molar-refractivity contribution >= 4 is 28.7 Å². The zero-order chi connectivity index (χ0) is 18.7. The number of nitrogens with zero attached hydrogens (tertiary/aromatic N) is 3. The van der Waals surface area contributed by atoms with E-state index >= 15 is 0 Å². The number of aromatic nitrogens is 1. The summed E-state index contributed by atoms with van der Waals surface area (Å²) in [5.41, 5.74) is 0.886. The van der Waals surface area contributed by atoms with Crippen molar-refractivity contribution in [3.05, 3.63) is 49.8 Å². The Morgan fingerprint density at radius 3 is 2.73 bits per heavy atom. The Hall–Kier alpha value is -2.48. The Labute approximate surface area is 156 Å². The Morgan fingerprint density at radius 1 is 1.42 bits per heavy atom. The van der Waals surface area contributed by atoms with Crippen molar-refractivity contribution in [2.24, 2.45) is 5.92 Å². The van der Waals surface area contributed by atoms with Crippen LogP contribution in [0.1, 0.15) is 39.9 Å². The van der Waals surface area contributed by atoms with E-state index in [4.69, 9.17) is 0 Å². The fourth-order valence-electron chi connectivity index (χ4n) is 2.98. The van der Waals surface area contributed by atoms with Crippen LogP contribution in [0.4, 0.5) is 11.5 Å². The lowest BCUT2D eigenvalue weighted by atomic mass is 9.99. The number of carbonyl (C=O) groups is 1. The summed E-state index contributed by atoms with van der Waals surface area (Å²) >= 11 is 1.13. The molecule has 0 atom stereocenters. The summed E-state index contributed by atoms with van der Waals surface area (Å²) < 4.78 is 0. The number of hydrogen-bond acceptors (Lipinski definition) is 6. The van der Waals surface area contributed by atoms with Gasteiger partial charge in [-0.2, -0.15) is 0 Å². The van der Waals surface area contributed by atoms with Gasteiger partial charge < -0.3 is 10.2 Å². The average Bonchev–Trinajstić information content (AvgIpc) is 3.03. The van der Waals surface area contributed by atoms with E-state index in [1.807, 2.05) is 12.1 Å². The lowest BCUT2D eigenvalue weighted by Gasteiger charge is -2.31. The van der Waals surface area contributed by atoms with E-state index < -0.39 is 4.92 Å². The second-order valence-corrected chi connectivity index (χ2v) is 7.94. The summed E-state index contributed by atoms with van der Waals surface area (Å²) in [5.74, 6) is 1.44. The summed E-state index contributed by atoms with van der Waals surface area (Å²) in [6.07, 6.45) is 4.15. The van der Waals surface area contributed by atoms with Gasteiger partial charge in [-0.15, -0.1) is 11.3 Å². The fourth-order valence-corrected chi connectivity index (χ4v) is 3.88. The van der Waals surface area contributed by atoms with Gasteiger partial charge in [-0.05, 0) is 37.3 Å². The van der Waals surface area contributed by atoms with Gasteiger partial charge in [-0.25, -0.2) is 4.98 Å². The molecule has 1 aliphatic heterocycles. The predicted octanol–water partition coefficient (Wildman–Crippen LogP) is 3.53. The lowest BCUT2D eigenvalue weighted by molar-refractivity contribution is -0.385. The third-order valence-electron chi connectivity index (χ3n) is 4.68. The first-order valence-electron chi connectivity index (χ1n) is 8.67. The van der Waals surface area contributed by atoms with Crippen molar-refractivity contribution in [2.75, 3.05) is 18.0 Å². The van der Waals surface area contributed by atoms with Gasteiger partial charge in [0.1, 0.15) is 5.82 Å². The summed E-state index contributed by atoms with van der Waals surface area (Å²) in [6, 6.07) is 5.27. The number of hydrogen-bond donors (Lipinski definition) is 1. The highest BCUT2D eigenvalue weighted by Crippen LogP contribution is 2.28. The third kappa shape index (κ3) is 4.19. The molecular formula is C18H22N4O3S. The minimum absolute atomic E-state index is 0.0120. The number of rotatable bonds is 5. The highest BCUT2D eigenvalue weighted by atomic mass is 32.1. The summed E-state index contributed by atoms with van der Waals surface area (Å²) in [4.78, 5) is 30.3. The number of nitrogens with one attached hydrogen (secondary N) is 1. The van der Waals surface area contributed by atoms with E-state index in [2.05, 4.69) is 22.1 Å². The number of thiophene rings is 1. The number of anilines is 1. The van der Waals surface area contributed by atoms with Crippen LogP contribution in [-0.4, -0.2) is 28.9 Å².